The lowest BCUT2D eigenvalue weighted by molar-refractivity contribution is 0.0696. The number of hydrogen-bond acceptors (Lipinski definition) is 2. The monoisotopic (exact) mass is 260 g/mol. The first-order valence-corrected chi connectivity index (χ1v) is 5.78. The Kier molecular flexibility index (Phi) is 3.80. The molecule has 0 aliphatic heterocycles. The molecule has 0 amide bonds. The van der Waals surface area contributed by atoms with Crippen LogP contribution in [0.1, 0.15) is 21.5 Å². The second-order valence-electron chi connectivity index (χ2n) is 4.17. The second-order valence-corrected chi connectivity index (χ2v) is 4.17. The molecule has 1 N–H and O–H groups in total. The van der Waals surface area contributed by atoms with Crippen molar-refractivity contribution in [2.24, 2.45) is 0 Å². The first-order chi connectivity index (χ1) is 9.08. The van der Waals surface area contributed by atoms with Gasteiger partial charge in [-0.15, -0.1) is 0 Å². The van der Waals surface area contributed by atoms with E-state index in [9.17, 15) is 9.18 Å². The predicted octanol–water partition coefficient (Wildman–Crippen LogP) is 3.41. The standard InChI is InChI=1S/C15H13FO3/c1-10-4-2-3-5-14(10)19-9-12-7-6-11(15(17)18)8-13(12)16/h2-8H,9H2,1H3,(H,17,18). The molecule has 0 heterocycles. The van der Waals surface area contributed by atoms with Crippen molar-refractivity contribution in [3.63, 3.8) is 0 Å². The lowest BCUT2D eigenvalue weighted by Gasteiger charge is -2.09. The molecule has 0 bridgehead atoms. The smallest absolute Gasteiger partial charge is 0.335 e. The molecule has 0 spiro atoms. The van der Waals surface area contributed by atoms with Crippen molar-refractivity contribution in [1.82, 2.24) is 0 Å². The van der Waals surface area contributed by atoms with Gasteiger partial charge >= 0.3 is 5.97 Å². The summed E-state index contributed by atoms with van der Waals surface area (Å²) in [4.78, 5) is 10.7. The SMILES string of the molecule is Cc1ccccc1OCc1ccc(C(=O)O)cc1F. The fourth-order valence-corrected chi connectivity index (χ4v) is 1.67. The second kappa shape index (κ2) is 5.52. The van der Waals surface area contributed by atoms with Crippen molar-refractivity contribution in [1.29, 1.82) is 0 Å². The summed E-state index contributed by atoms with van der Waals surface area (Å²) in [5.41, 5.74) is 1.22. The molecule has 0 aliphatic carbocycles. The summed E-state index contributed by atoms with van der Waals surface area (Å²) in [5, 5.41) is 8.75. The zero-order valence-electron chi connectivity index (χ0n) is 10.4. The van der Waals surface area contributed by atoms with Crippen LogP contribution < -0.4 is 4.74 Å². The van der Waals surface area contributed by atoms with E-state index in [-0.39, 0.29) is 12.2 Å². The highest BCUT2D eigenvalue weighted by atomic mass is 19.1. The number of benzene rings is 2. The van der Waals surface area contributed by atoms with Crippen molar-refractivity contribution in [2.45, 2.75) is 13.5 Å². The molecule has 2 rings (SSSR count). The molecule has 0 atom stereocenters. The van der Waals surface area contributed by atoms with E-state index in [2.05, 4.69) is 0 Å². The third-order valence-electron chi connectivity index (χ3n) is 2.78. The zero-order valence-corrected chi connectivity index (χ0v) is 10.4. The van der Waals surface area contributed by atoms with Gasteiger partial charge in [0.05, 0.1) is 5.56 Å². The molecule has 2 aromatic carbocycles. The maximum atomic E-state index is 13.7. The predicted molar refractivity (Wildman–Crippen MR) is 68.9 cm³/mol. The van der Waals surface area contributed by atoms with Crippen LogP contribution in [0.4, 0.5) is 4.39 Å². The van der Waals surface area contributed by atoms with E-state index in [1.54, 1.807) is 6.07 Å². The van der Waals surface area contributed by atoms with Crippen molar-refractivity contribution in [2.75, 3.05) is 0 Å². The number of carboxylic acid groups (broad SMARTS) is 1. The van der Waals surface area contributed by atoms with Crippen molar-refractivity contribution in [3.8, 4) is 5.75 Å². The Bertz CT molecular complexity index is 608. The first kappa shape index (κ1) is 13.1. The van der Waals surface area contributed by atoms with Crippen LogP contribution >= 0.6 is 0 Å². The van der Waals surface area contributed by atoms with E-state index in [0.29, 0.717) is 11.3 Å². The summed E-state index contributed by atoms with van der Waals surface area (Å²) in [6, 6.07) is 11.2. The van der Waals surface area contributed by atoms with Gasteiger partial charge in [0.15, 0.2) is 0 Å². The number of ether oxygens (including phenoxy) is 1. The molecular weight excluding hydrogens is 247 g/mol. The quantitative estimate of drug-likeness (QED) is 0.916. The lowest BCUT2D eigenvalue weighted by Crippen LogP contribution is -2.03. The van der Waals surface area contributed by atoms with Crippen LogP contribution in [0.2, 0.25) is 0 Å². The van der Waals surface area contributed by atoms with Gasteiger partial charge in [-0.1, -0.05) is 24.3 Å². The number of carboxylic acids is 1. The topological polar surface area (TPSA) is 46.5 Å². The Labute approximate surface area is 110 Å². The maximum Gasteiger partial charge on any atom is 0.335 e. The van der Waals surface area contributed by atoms with E-state index >= 15 is 0 Å². The highest BCUT2D eigenvalue weighted by Gasteiger charge is 2.09. The Morgan fingerprint density at radius 1 is 1.26 bits per heavy atom. The summed E-state index contributed by atoms with van der Waals surface area (Å²) < 4.78 is 19.2. The van der Waals surface area contributed by atoms with Gasteiger partial charge in [0.2, 0.25) is 0 Å². The first-order valence-electron chi connectivity index (χ1n) is 5.78. The molecule has 98 valence electrons. The molecule has 0 saturated carbocycles. The number of para-hydroxylation sites is 1. The summed E-state index contributed by atoms with van der Waals surface area (Å²) in [5.74, 6) is -1.04. The van der Waals surface area contributed by atoms with Crippen LogP contribution in [0, 0.1) is 12.7 Å². The van der Waals surface area contributed by atoms with E-state index in [1.807, 2.05) is 25.1 Å². The molecule has 0 fully saturated rings. The van der Waals surface area contributed by atoms with Gasteiger partial charge in [0.1, 0.15) is 18.2 Å². The molecule has 0 radical (unpaired) electrons. The number of aryl methyl sites for hydroxylation is 1. The van der Waals surface area contributed by atoms with E-state index in [1.165, 1.54) is 12.1 Å². The molecule has 2 aromatic rings. The van der Waals surface area contributed by atoms with Gasteiger partial charge in [-0.3, -0.25) is 0 Å². The third kappa shape index (κ3) is 3.10. The number of hydrogen-bond donors (Lipinski definition) is 1. The van der Waals surface area contributed by atoms with Crippen LogP contribution in [0.3, 0.4) is 0 Å². The van der Waals surface area contributed by atoms with Crippen LogP contribution in [0.5, 0.6) is 5.75 Å². The summed E-state index contributed by atoms with van der Waals surface area (Å²) in [6.45, 7) is 1.97. The normalized spacial score (nSPS) is 10.2. The van der Waals surface area contributed by atoms with Crippen molar-refractivity contribution < 1.29 is 19.0 Å². The Hall–Kier alpha value is -2.36. The van der Waals surface area contributed by atoms with Crippen LogP contribution in [-0.2, 0) is 6.61 Å². The molecule has 0 aliphatic rings. The average molecular weight is 260 g/mol. The minimum absolute atomic E-state index is 0.0661. The average Bonchev–Trinajstić information content (AvgIpc) is 2.39. The van der Waals surface area contributed by atoms with Crippen LogP contribution in [-0.4, -0.2) is 11.1 Å². The summed E-state index contributed by atoms with van der Waals surface area (Å²) in [7, 11) is 0. The van der Waals surface area contributed by atoms with Crippen molar-refractivity contribution in [3.05, 3.63) is 65.0 Å². The van der Waals surface area contributed by atoms with E-state index < -0.39 is 11.8 Å². The van der Waals surface area contributed by atoms with Gasteiger partial charge in [0, 0.05) is 5.56 Å². The Morgan fingerprint density at radius 2 is 2.00 bits per heavy atom. The largest absolute Gasteiger partial charge is 0.489 e. The van der Waals surface area contributed by atoms with Gasteiger partial charge in [-0.2, -0.15) is 0 Å². The number of aromatic carboxylic acids is 1. The van der Waals surface area contributed by atoms with Gasteiger partial charge in [-0.05, 0) is 30.7 Å². The molecule has 0 unspecified atom stereocenters. The molecule has 4 heteroatoms. The van der Waals surface area contributed by atoms with Crippen molar-refractivity contribution >= 4 is 5.97 Å². The molecule has 19 heavy (non-hydrogen) atoms. The van der Waals surface area contributed by atoms with Gasteiger partial charge in [0.25, 0.3) is 0 Å². The minimum Gasteiger partial charge on any atom is -0.489 e. The highest BCUT2D eigenvalue weighted by molar-refractivity contribution is 5.87. The number of carbonyl (C=O) groups is 1. The zero-order chi connectivity index (χ0) is 13.8. The minimum atomic E-state index is -1.15. The maximum absolute atomic E-state index is 13.7. The number of rotatable bonds is 4. The van der Waals surface area contributed by atoms with Gasteiger partial charge < -0.3 is 9.84 Å². The Balaban J connectivity index is 2.12. The molecule has 0 aromatic heterocycles. The Morgan fingerprint density at radius 3 is 2.63 bits per heavy atom. The molecule has 0 saturated heterocycles. The highest BCUT2D eigenvalue weighted by Crippen LogP contribution is 2.19. The summed E-state index contributed by atoms with van der Waals surface area (Å²) >= 11 is 0. The molecule has 3 nitrogen and oxygen atoms in total. The van der Waals surface area contributed by atoms with Crippen LogP contribution in [0.25, 0.3) is 0 Å². The van der Waals surface area contributed by atoms with E-state index in [0.717, 1.165) is 11.6 Å². The fraction of sp³-hybridized carbons (Fsp3) is 0.133. The van der Waals surface area contributed by atoms with Gasteiger partial charge in [-0.25, -0.2) is 9.18 Å². The molecular formula is C15H13FO3. The summed E-state index contributed by atoms with van der Waals surface area (Å²) in [6.07, 6.45) is 0. The fourth-order valence-electron chi connectivity index (χ4n) is 1.67. The lowest BCUT2D eigenvalue weighted by atomic mass is 10.1. The van der Waals surface area contributed by atoms with Crippen LogP contribution in [0.15, 0.2) is 42.5 Å². The van der Waals surface area contributed by atoms with E-state index in [4.69, 9.17) is 9.84 Å². The third-order valence-corrected chi connectivity index (χ3v) is 2.78. The number of halogens is 1.